The van der Waals surface area contributed by atoms with Crippen LogP contribution in [0.3, 0.4) is 0 Å². The van der Waals surface area contributed by atoms with Gasteiger partial charge in [-0.3, -0.25) is 4.79 Å². The predicted molar refractivity (Wildman–Crippen MR) is 91.3 cm³/mol. The first-order chi connectivity index (χ1) is 11.3. The van der Waals surface area contributed by atoms with Gasteiger partial charge in [-0.25, -0.2) is 0 Å². The van der Waals surface area contributed by atoms with E-state index in [1.165, 1.54) is 0 Å². The van der Waals surface area contributed by atoms with E-state index in [9.17, 15) is 4.79 Å². The summed E-state index contributed by atoms with van der Waals surface area (Å²) in [5.41, 5.74) is 2.55. The molecule has 2 aromatic carbocycles. The van der Waals surface area contributed by atoms with Crippen LogP contribution in [0.5, 0.6) is 0 Å². The monoisotopic (exact) mass is 308 g/mol. The SMILES string of the molecule is O=C(NC(CCCO)c1ccccc1)c1cc2ccccc2[nH]1. The third-order valence-electron chi connectivity index (χ3n) is 3.93. The van der Waals surface area contributed by atoms with Gasteiger partial charge in [0.15, 0.2) is 0 Å². The first kappa shape index (κ1) is 15.3. The highest BCUT2D eigenvalue weighted by Gasteiger charge is 2.16. The highest BCUT2D eigenvalue weighted by molar-refractivity contribution is 5.98. The summed E-state index contributed by atoms with van der Waals surface area (Å²) in [7, 11) is 0. The number of nitrogens with one attached hydrogen (secondary N) is 2. The molecule has 1 unspecified atom stereocenters. The molecule has 0 aliphatic heterocycles. The predicted octanol–water partition coefficient (Wildman–Crippen LogP) is 3.41. The van der Waals surface area contributed by atoms with Crippen LogP contribution in [-0.2, 0) is 0 Å². The Morgan fingerprint density at radius 1 is 1.09 bits per heavy atom. The van der Waals surface area contributed by atoms with Crippen LogP contribution in [0.1, 0.15) is 34.9 Å². The smallest absolute Gasteiger partial charge is 0.268 e. The van der Waals surface area contributed by atoms with Gasteiger partial charge in [0.1, 0.15) is 5.69 Å². The highest BCUT2D eigenvalue weighted by Crippen LogP contribution is 2.20. The van der Waals surface area contributed by atoms with Gasteiger partial charge in [0.25, 0.3) is 5.91 Å². The van der Waals surface area contributed by atoms with Crippen LogP contribution < -0.4 is 5.32 Å². The van der Waals surface area contributed by atoms with Gasteiger partial charge in [0.2, 0.25) is 0 Å². The number of fused-ring (bicyclic) bond motifs is 1. The van der Waals surface area contributed by atoms with E-state index in [2.05, 4.69) is 10.3 Å². The number of rotatable bonds is 6. The summed E-state index contributed by atoms with van der Waals surface area (Å²) in [4.78, 5) is 15.7. The van der Waals surface area contributed by atoms with Gasteiger partial charge in [0, 0.05) is 17.5 Å². The Hall–Kier alpha value is -2.59. The Morgan fingerprint density at radius 3 is 2.57 bits per heavy atom. The summed E-state index contributed by atoms with van der Waals surface area (Å²) >= 11 is 0. The van der Waals surface area contributed by atoms with Crippen molar-refractivity contribution in [3.8, 4) is 0 Å². The fourth-order valence-electron chi connectivity index (χ4n) is 2.73. The molecule has 0 bridgehead atoms. The van der Waals surface area contributed by atoms with Gasteiger partial charge in [-0.1, -0.05) is 48.5 Å². The van der Waals surface area contributed by atoms with Crippen molar-refractivity contribution in [2.75, 3.05) is 6.61 Å². The number of benzene rings is 2. The van der Waals surface area contributed by atoms with Crippen LogP contribution in [0, 0.1) is 0 Å². The lowest BCUT2D eigenvalue weighted by Crippen LogP contribution is -2.29. The molecule has 0 saturated carbocycles. The second kappa shape index (κ2) is 7.11. The minimum absolute atomic E-state index is 0.109. The minimum Gasteiger partial charge on any atom is -0.396 e. The van der Waals surface area contributed by atoms with E-state index < -0.39 is 0 Å². The fourth-order valence-corrected chi connectivity index (χ4v) is 2.73. The molecule has 118 valence electrons. The number of H-pyrrole nitrogens is 1. The number of hydrogen-bond donors (Lipinski definition) is 3. The van der Waals surface area contributed by atoms with Crippen molar-refractivity contribution in [2.45, 2.75) is 18.9 Å². The third kappa shape index (κ3) is 3.60. The molecule has 3 N–H and O–H groups in total. The lowest BCUT2D eigenvalue weighted by Gasteiger charge is -2.18. The quantitative estimate of drug-likeness (QED) is 0.653. The van der Waals surface area contributed by atoms with Crippen molar-refractivity contribution in [1.29, 1.82) is 0 Å². The lowest BCUT2D eigenvalue weighted by molar-refractivity contribution is 0.0928. The molecule has 4 heteroatoms. The van der Waals surface area contributed by atoms with Crippen LogP contribution in [0.25, 0.3) is 10.9 Å². The molecule has 1 atom stereocenters. The maximum absolute atomic E-state index is 12.6. The van der Waals surface area contributed by atoms with Crippen LogP contribution >= 0.6 is 0 Å². The molecule has 1 amide bonds. The standard InChI is InChI=1S/C19H20N2O2/c22-12-6-11-16(14-7-2-1-3-8-14)21-19(23)18-13-15-9-4-5-10-17(15)20-18/h1-5,7-10,13,16,20,22H,6,11-12H2,(H,21,23). The van der Waals surface area contributed by atoms with Crippen molar-refractivity contribution >= 4 is 16.8 Å². The summed E-state index contributed by atoms with van der Waals surface area (Å²) in [6.45, 7) is 0.117. The summed E-state index contributed by atoms with van der Waals surface area (Å²) in [6.07, 6.45) is 1.35. The molecule has 0 spiro atoms. The second-order valence-electron chi connectivity index (χ2n) is 5.57. The van der Waals surface area contributed by atoms with Crippen LogP contribution in [0.15, 0.2) is 60.7 Å². The van der Waals surface area contributed by atoms with E-state index in [4.69, 9.17) is 5.11 Å². The largest absolute Gasteiger partial charge is 0.396 e. The first-order valence-corrected chi connectivity index (χ1v) is 7.82. The minimum atomic E-state index is -0.131. The van der Waals surface area contributed by atoms with E-state index in [0.717, 1.165) is 16.5 Å². The summed E-state index contributed by atoms with van der Waals surface area (Å²) in [5, 5.41) is 13.2. The normalized spacial score (nSPS) is 12.2. The van der Waals surface area contributed by atoms with Crippen LogP contribution in [-0.4, -0.2) is 22.6 Å². The zero-order chi connectivity index (χ0) is 16.1. The van der Waals surface area contributed by atoms with Gasteiger partial charge >= 0.3 is 0 Å². The highest BCUT2D eigenvalue weighted by atomic mass is 16.3. The number of para-hydroxylation sites is 1. The molecule has 0 aliphatic carbocycles. The maximum Gasteiger partial charge on any atom is 0.268 e. The van der Waals surface area contributed by atoms with Crippen LogP contribution in [0.4, 0.5) is 0 Å². The molecule has 4 nitrogen and oxygen atoms in total. The van der Waals surface area contributed by atoms with E-state index in [1.807, 2.05) is 60.7 Å². The summed E-state index contributed by atoms with van der Waals surface area (Å²) in [5.74, 6) is -0.131. The van der Waals surface area contributed by atoms with Crippen molar-refractivity contribution in [2.24, 2.45) is 0 Å². The molecule has 0 saturated heterocycles. The average molecular weight is 308 g/mol. The number of carbonyl (C=O) groups is 1. The number of aliphatic hydroxyl groups is 1. The van der Waals surface area contributed by atoms with Gasteiger partial charge < -0.3 is 15.4 Å². The second-order valence-corrected chi connectivity index (χ2v) is 5.57. The number of aromatic amines is 1. The van der Waals surface area contributed by atoms with E-state index >= 15 is 0 Å². The fraction of sp³-hybridized carbons (Fsp3) is 0.211. The molecular formula is C19H20N2O2. The number of aromatic nitrogens is 1. The maximum atomic E-state index is 12.6. The van der Waals surface area contributed by atoms with Gasteiger partial charge in [-0.05, 0) is 30.5 Å². The topological polar surface area (TPSA) is 65.1 Å². The van der Waals surface area contributed by atoms with Crippen LogP contribution in [0.2, 0.25) is 0 Å². The van der Waals surface area contributed by atoms with Gasteiger partial charge in [0.05, 0.1) is 6.04 Å². The molecule has 1 heterocycles. The Morgan fingerprint density at radius 2 is 1.83 bits per heavy atom. The Bertz CT molecular complexity index is 747. The zero-order valence-corrected chi connectivity index (χ0v) is 12.8. The Kier molecular flexibility index (Phi) is 4.74. The molecule has 0 radical (unpaired) electrons. The molecule has 3 aromatic rings. The molecule has 1 aromatic heterocycles. The first-order valence-electron chi connectivity index (χ1n) is 7.82. The molecule has 3 rings (SSSR count). The third-order valence-corrected chi connectivity index (χ3v) is 3.93. The van der Waals surface area contributed by atoms with E-state index in [1.54, 1.807) is 0 Å². The average Bonchev–Trinajstić information content (AvgIpc) is 3.03. The van der Waals surface area contributed by atoms with Crippen molar-refractivity contribution in [1.82, 2.24) is 10.3 Å². The zero-order valence-electron chi connectivity index (χ0n) is 12.8. The molecule has 23 heavy (non-hydrogen) atoms. The number of amides is 1. The number of carbonyl (C=O) groups excluding carboxylic acids is 1. The van der Waals surface area contributed by atoms with Gasteiger partial charge in [-0.2, -0.15) is 0 Å². The van der Waals surface area contributed by atoms with Crippen molar-refractivity contribution in [3.63, 3.8) is 0 Å². The van der Waals surface area contributed by atoms with E-state index in [0.29, 0.717) is 18.5 Å². The van der Waals surface area contributed by atoms with Gasteiger partial charge in [-0.15, -0.1) is 0 Å². The summed E-state index contributed by atoms with van der Waals surface area (Å²) in [6, 6.07) is 19.4. The number of aliphatic hydroxyl groups excluding tert-OH is 1. The molecule has 0 aliphatic rings. The van der Waals surface area contributed by atoms with Crippen molar-refractivity contribution < 1.29 is 9.90 Å². The summed E-state index contributed by atoms with van der Waals surface area (Å²) < 4.78 is 0. The molecular weight excluding hydrogens is 288 g/mol. The Balaban J connectivity index is 1.79. The molecule has 0 fully saturated rings. The number of hydrogen-bond acceptors (Lipinski definition) is 2. The van der Waals surface area contributed by atoms with Crippen molar-refractivity contribution in [3.05, 3.63) is 71.9 Å². The lowest BCUT2D eigenvalue weighted by atomic mass is 10.0. The van der Waals surface area contributed by atoms with E-state index in [-0.39, 0.29) is 18.6 Å². The Labute approximate surface area is 135 Å².